The highest BCUT2D eigenvalue weighted by molar-refractivity contribution is 8.00. The molecule has 0 N–H and O–H groups in total. The highest BCUT2D eigenvalue weighted by Gasteiger charge is 2.05. The molecule has 124 valence electrons. The van der Waals surface area contributed by atoms with Gasteiger partial charge in [0, 0.05) is 24.2 Å². The SMILES string of the molecule is CCCCCSC(/C=C/c1ccccc1)CCCn1ccnc1. The van der Waals surface area contributed by atoms with Crippen molar-refractivity contribution in [2.45, 2.75) is 50.8 Å². The van der Waals surface area contributed by atoms with E-state index < -0.39 is 0 Å². The molecule has 0 saturated heterocycles. The fraction of sp³-hybridized carbons (Fsp3) is 0.450. The van der Waals surface area contributed by atoms with E-state index in [2.05, 4.69) is 70.7 Å². The predicted molar refractivity (Wildman–Crippen MR) is 103 cm³/mol. The van der Waals surface area contributed by atoms with Crippen LogP contribution in [0.15, 0.2) is 55.1 Å². The third-order valence-corrected chi connectivity index (χ3v) is 5.19. The molecule has 1 heterocycles. The molecule has 2 rings (SSSR count). The van der Waals surface area contributed by atoms with Gasteiger partial charge in [-0.05, 0) is 30.6 Å². The molecular weight excluding hydrogens is 300 g/mol. The molecule has 0 spiro atoms. The average Bonchev–Trinajstić information content (AvgIpc) is 3.10. The number of aromatic nitrogens is 2. The van der Waals surface area contributed by atoms with Gasteiger partial charge in [-0.15, -0.1) is 0 Å². The average molecular weight is 329 g/mol. The first kappa shape index (κ1) is 17.9. The van der Waals surface area contributed by atoms with Crippen molar-refractivity contribution in [2.24, 2.45) is 0 Å². The first-order valence-corrected chi connectivity index (χ1v) is 9.74. The van der Waals surface area contributed by atoms with Crippen LogP contribution in [0.25, 0.3) is 6.08 Å². The van der Waals surface area contributed by atoms with Gasteiger partial charge in [-0.3, -0.25) is 0 Å². The van der Waals surface area contributed by atoms with E-state index in [1.165, 1.54) is 43.4 Å². The Kier molecular flexibility index (Phi) is 8.64. The Bertz CT molecular complexity index is 534. The maximum Gasteiger partial charge on any atom is 0.0945 e. The Hall–Kier alpha value is -1.48. The van der Waals surface area contributed by atoms with E-state index >= 15 is 0 Å². The van der Waals surface area contributed by atoms with Gasteiger partial charge in [0.15, 0.2) is 0 Å². The second kappa shape index (κ2) is 11.1. The van der Waals surface area contributed by atoms with Gasteiger partial charge < -0.3 is 4.57 Å². The Morgan fingerprint density at radius 1 is 1.17 bits per heavy atom. The minimum Gasteiger partial charge on any atom is -0.337 e. The van der Waals surface area contributed by atoms with Crippen LogP contribution in [-0.4, -0.2) is 20.6 Å². The molecule has 0 amide bonds. The molecule has 0 saturated carbocycles. The molecule has 0 aliphatic heterocycles. The summed E-state index contributed by atoms with van der Waals surface area (Å²) in [5.74, 6) is 1.27. The van der Waals surface area contributed by atoms with E-state index in [1.54, 1.807) is 0 Å². The minimum atomic E-state index is 0.607. The number of thioether (sulfide) groups is 1. The Morgan fingerprint density at radius 3 is 2.78 bits per heavy atom. The van der Waals surface area contributed by atoms with Crippen molar-refractivity contribution in [2.75, 3.05) is 5.75 Å². The van der Waals surface area contributed by atoms with Crippen LogP contribution in [0.4, 0.5) is 0 Å². The molecule has 23 heavy (non-hydrogen) atoms. The minimum absolute atomic E-state index is 0.607. The van der Waals surface area contributed by atoms with Crippen LogP contribution in [0, 0.1) is 0 Å². The monoisotopic (exact) mass is 328 g/mol. The van der Waals surface area contributed by atoms with Crippen LogP contribution in [0.5, 0.6) is 0 Å². The van der Waals surface area contributed by atoms with Crippen molar-refractivity contribution in [1.29, 1.82) is 0 Å². The summed E-state index contributed by atoms with van der Waals surface area (Å²) in [5, 5.41) is 0.607. The van der Waals surface area contributed by atoms with Gasteiger partial charge in [0.1, 0.15) is 0 Å². The molecule has 3 heteroatoms. The van der Waals surface area contributed by atoms with Gasteiger partial charge >= 0.3 is 0 Å². The summed E-state index contributed by atoms with van der Waals surface area (Å²) in [7, 11) is 0. The zero-order chi connectivity index (χ0) is 16.2. The fourth-order valence-corrected chi connectivity index (χ4v) is 3.70. The van der Waals surface area contributed by atoms with Gasteiger partial charge in [-0.1, -0.05) is 62.2 Å². The number of hydrogen-bond acceptors (Lipinski definition) is 2. The lowest BCUT2D eigenvalue weighted by Gasteiger charge is -2.13. The van der Waals surface area contributed by atoms with Gasteiger partial charge in [0.25, 0.3) is 0 Å². The third kappa shape index (κ3) is 7.56. The van der Waals surface area contributed by atoms with Crippen molar-refractivity contribution < 1.29 is 0 Å². The van der Waals surface area contributed by atoms with Crippen molar-refractivity contribution >= 4 is 17.8 Å². The highest BCUT2D eigenvalue weighted by atomic mass is 32.2. The summed E-state index contributed by atoms with van der Waals surface area (Å²) in [6, 6.07) is 10.6. The fourth-order valence-electron chi connectivity index (χ4n) is 2.50. The zero-order valence-corrected chi connectivity index (χ0v) is 14.9. The molecule has 1 aromatic heterocycles. The standard InChI is InChI=1S/C20H28N2S/c1-2-3-7-17-23-20(11-8-15-22-16-14-21-18-22)13-12-19-9-5-4-6-10-19/h4-6,9-10,12-14,16,18,20H,2-3,7-8,11,15,17H2,1H3/b13-12+. The summed E-state index contributed by atoms with van der Waals surface area (Å²) in [6.45, 7) is 3.33. The van der Waals surface area contributed by atoms with Crippen LogP contribution >= 0.6 is 11.8 Å². The van der Waals surface area contributed by atoms with Crippen LogP contribution in [0.2, 0.25) is 0 Å². The summed E-state index contributed by atoms with van der Waals surface area (Å²) < 4.78 is 2.17. The van der Waals surface area contributed by atoms with Crippen LogP contribution in [-0.2, 0) is 6.54 Å². The first-order valence-electron chi connectivity index (χ1n) is 8.69. The number of benzene rings is 1. The molecule has 2 aromatic rings. The number of nitrogens with zero attached hydrogens (tertiary/aromatic N) is 2. The van der Waals surface area contributed by atoms with Gasteiger partial charge in [-0.25, -0.2) is 4.98 Å². The van der Waals surface area contributed by atoms with Crippen LogP contribution < -0.4 is 0 Å². The van der Waals surface area contributed by atoms with E-state index in [0.717, 1.165) is 6.54 Å². The van der Waals surface area contributed by atoms with Gasteiger partial charge in [-0.2, -0.15) is 11.8 Å². The second-order valence-electron chi connectivity index (χ2n) is 5.83. The molecule has 0 radical (unpaired) electrons. The Labute approximate surface area is 145 Å². The summed E-state index contributed by atoms with van der Waals surface area (Å²) >= 11 is 2.11. The van der Waals surface area contributed by atoms with E-state index in [-0.39, 0.29) is 0 Å². The summed E-state index contributed by atoms with van der Waals surface area (Å²) in [5.41, 5.74) is 1.29. The van der Waals surface area contributed by atoms with Gasteiger partial charge in [0.2, 0.25) is 0 Å². The summed E-state index contributed by atoms with van der Waals surface area (Å²) in [6.07, 6.45) is 16.9. The lowest BCUT2D eigenvalue weighted by Crippen LogP contribution is -2.03. The van der Waals surface area contributed by atoms with E-state index in [0.29, 0.717) is 5.25 Å². The lowest BCUT2D eigenvalue weighted by molar-refractivity contribution is 0.618. The number of imidazole rings is 1. The van der Waals surface area contributed by atoms with Crippen molar-refractivity contribution in [3.05, 3.63) is 60.7 Å². The van der Waals surface area contributed by atoms with Crippen molar-refractivity contribution in [3.8, 4) is 0 Å². The maximum absolute atomic E-state index is 4.11. The molecular formula is C20H28N2S. The molecule has 0 aliphatic rings. The largest absolute Gasteiger partial charge is 0.337 e. The molecule has 1 atom stereocenters. The van der Waals surface area contributed by atoms with Crippen molar-refractivity contribution in [3.63, 3.8) is 0 Å². The first-order chi connectivity index (χ1) is 11.4. The van der Waals surface area contributed by atoms with Crippen molar-refractivity contribution in [1.82, 2.24) is 9.55 Å². The number of rotatable bonds is 11. The molecule has 1 aromatic carbocycles. The molecule has 2 nitrogen and oxygen atoms in total. The lowest BCUT2D eigenvalue weighted by atomic mass is 10.1. The quantitative estimate of drug-likeness (QED) is 0.495. The van der Waals surface area contributed by atoms with E-state index in [4.69, 9.17) is 0 Å². The summed E-state index contributed by atoms with van der Waals surface area (Å²) in [4.78, 5) is 4.11. The normalized spacial score (nSPS) is 12.7. The van der Waals surface area contributed by atoms with Crippen LogP contribution in [0.1, 0.15) is 44.6 Å². The predicted octanol–water partition coefficient (Wildman–Crippen LogP) is 5.67. The highest BCUT2D eigenvalue weighted by Crippen LogP contribution is 2.21. The second-order valence-corrected chi connectivity index (χ2v) is 7.18. The molecule has 1 unspecified atom stereocenters. The van der Waals surface area contributed by atoms with E-state index in [9.17, 15) is 0 Å². The smallest absolute Gasteiger partial charge is 0.0945 e. The Morgan fingerprint density at radius 2 is 2.04 bits per heavy atom. The van der Waals surface area contributed by atoms with E-state index in [1.807, 2.05) is 18.7 Å². The molecule has 0 aliphatic carbocycles. The topological polar surface area (TPSA) is 17.8 Å². The maximum atomic E-state index is 4.11. The van der Waals surface area contributed by atoms with Crippen LogP contribution in [0.3, 0.4) is 0 Å². The Balaban J connectivity index is 1.81. The molecule has 0 bridgehead atoms. The van der Waals surface area contributed by atoms with Gasteiger partial charge in [0.05, 0.1) is 6.33 Å². The zero-order valence-electron chi connectivity index (χ0n) is 14.1. The number of aryl methyl sites for hydroxylation is 1. The number of hydrogen-bond donors (Lipinski definition) is 0. The number of unbranched alkanes of at least 4 members (excludes halogenated alkanes) is 2. The third-order valence-electron chi connectivity index (χ3n) is 3.85. The molecule has 0 fully saturated rings.